The number of carbonyl (C=O) groups is 1. The molecule has 19 heavy (non-hydrogen) atoms. The molecule has 1 aliphatic heterocycles. The summed E-state index contributed by atoms with van der Waals surface area (Å²) in [6, 6.07) is 1.95. The van der Waals surface area contributed by atoms with E-state index in [0.29, 0.717) is 0 Å². The van der Waals surface area contributed by atoms with Gasteiger partial charge in [-0.15, -0.1) is 0 Å². The molecule has 1 aromatic rings. The highest BCUT2D eigenvalue weighted by atomic mass is 16.5. The van der Waals surface area contributed by atoms with Crippen LogP contribution in [0.25, 0.3) is 0 Å². The van der Waals surface area contributed by atoms with Crippen molar-refractivity contribution >= 4 is 5.91 Å². The average Bonchev–Trinajstić information content (AvgIpc) is 2.83. The lowest BCUT2D eigenvalue weighted by atomic mass is 10.2. The summed E-state index contributed by atoms with van der Waals surface area (Å²) >= 11 is 0. The van der Waals surface area contributed by atoms with Gasteiger partial charge in [0.1, 0.15) is 6.10 Å². The van der Waals surface area contributed by atoms with Crippen LogP contribution in [0.5, 0.6) is 0 Å². The van der Waals surface area contributed by atoms with Crippen LogP contribution in [0.4, 0.5) is 0 Å². The molecule has 1 atom stereocenters. The first-order chi connectivity index (χ1) is 9.10. The standard InChI is InChI=1S/C13H21N3O3/c1-10-8-12(19-14-10)9-15-4-6-16(7-5-15)13(17)11(2)18-3/h8,11H,4-7,9H2,1-3H3. The van der Waals surface area contributed by atoms with E-state index in [4.69, 9.17) is 9.26 Å². The van der Waals surface area contributed by atoms with Gasteiger partial charge in [-0.3, -0.25) is 9.69 Å². The summed E-state index contributed by atoms with van der Waals surface area (Å²) < 4.78 is 10.3. The molecule has 1 unspecified atom stereocenters. The van der Waals surface area contributed by atoms with Gasteiger partial charge in [0.05, 0.1) is 12.2 Å². The van der Waals surface area contributed by atoms with E-state index in [-0.39, 0.29) is 12.0 Å². The maximum Gasteiger partial charge on any atom is 0.251 e. The molecular weight excluding hydrogens is 246 g/mol. The van der Waals surface area contributed by atoms with E-state index in [2.05, 4.69) is 10.1 Å². The Bertz CT molecular complexity index is 425. The van der Waals surface area contributed by atoms with Crippen LogP contribution in [-0.2, 0) is 16.1 Å². The van der Waals surface area contributed by atoms with E-state index in [1.165, 1.54) is 0 Å². The quantitative estimate of drug-likeness (QED) is 0.802. The first kappa shape index (κ1) is 14.0. The molecule has 0 radical (unpaired) electrons. The van der Waals surface area contributed by atoms with Crippen LogP contribution in [0, 0.1) is 6.92 Å². The molecule has 1 aliphatic rings. The van der Waals surface area contributed by atoms with Gasteiger partial charge in [0.15, 0.2) is 5.76 Å². The summed E-state index contributed by atoms with van der Waals surface area (Å²) in [6.07, 6.45) is -0.358. The van der Waals surface area contributed by atoms with Crippen molar-refractivity contribution in [3.8, 4) is 0 Å². The van der Waals surface area contributed by atoms with E-state index in [1.807, 2.05) is 17.9 Å². The molecule has 0 aliphatic carbocycles. The average molecular weight is 267 g/mol. The van der Waals surface area contributed by atoms with E-state index in [0.717, 1.165) is 44.2 Å². The highest BCUT2D eigenvalue weighted by Crippen LogP contribution is 2.10. The number of amides is 1. The normalized spacial score (nSPS) is 18.6. The number of nitrogens with zero attached hydrogens (tertiary/aromatic N) is 3. The third-order valence-corrected chi connectivity index (χ3v) is 3.44. The van der Waals surface area contributed by atoms with Crippen molar-refractivity contribution in [3.05, 3.63) is 17.5 Å². The Labute approximate surface area is 113 Å². The summed E-state index contributed by atoms with van der Waals surface area (Å²) in [7, 11) is 1.56. The fourth-order valence-corrected chi connectivity index (χ4v) is 2.20. The maximum absolute atomic E-state index is 12.0. The molecule has 106 valence electrons. The molecule has 1 aromatic heterocycles. The number of aromatic nitrogens is 1. The third-order valence-electron chi connectivity index (χ3n) is 3.44. The lowest BCUT2D eigenvalue weighted by molar-refractivity contribution is -0.142. The topological polar surface area (TPSA) is 58.8 Å². The van der Waals surface area contributed by atoms with Gasteiger partial charge in [-0.05, 0) is 13.8 Å². The van der Waals surface area contributed by atoms with Crippen LogP contribution in [-0.4, -0.2) is 60.3 Å². The van der Waals surface area contributed by atoms with Gasteiger partial charge in [0, 0.05) is 39.4 Å². The van der Waals surface area contributed by atoms with E-state index in [9.17, 15) is 4.79 Å². The largest absolute Gasteiger partial charge is 0.372 e. The number of carbonyl (C=O) groups excluding carboxylic acids is 1. The minimum Gasteiger partial charge on any atom is -0.372 e. The van der Waals surface area contributed by atoms with Crippen molar-refractivity contribution < 1.29 is 14.1 Å². The van der Waals surface area contributed by atoms with Gasteiger partial charge in [0.2, 0.25) is 0 Å². The SMILES string of the molecule is COC(C)C(=O)N1CCN(Cc2cc(C)no2)CC1. The van der Waals surface area contributed by atoms with Crippen LogP contribution < -0.4 is 0 Å². The molecule has 1 saturated heterocycles. The van der Waals surface area contributed by atoms with Crippen molar-refractivity contribution in [1.29, 1.82) is 0 Å². The number of methoxy groups -OCH3 is 1. The molecule has 6 nitrogen and oxygen atoms in total. The van der Waals surface area contributed by atoms with Crippen LogP contribution in [0.3, 0.4) is 0 Å². The number of aryl methyl sites for hydroxylation is 1. The van der Waals surface area contributed by atoms with Crippen molar-refractivity contribution in [1.82, 2.24) is 15.0 Å². The van der Waals surface area contributed by atoms with Gasteiger partial charge in [0.25, 0.3) is 5.91 Å². The maximum atomic E-state index is 12.0. The van der Waals surface area contributed by atoms with Gasteiger partial charge in [-0.25, -0.2) is 0 Å². The minimum atomic E-state index is -0.358. The fourth-order valence-electron chi connectivity index (χ4n) is 2.20. The molecule has 0 N–H and O–H groups in total. The Morgan fingerprint density at radius 2 is 2.16 bits per heavy atom. The highest BCUT2D eigenvalue weighted by Gasteiger charge is 2.25. The number of hydrogen-bond donors (Lipinski definition) is 0. The monoisotopic (exact) mass is 267 g/mol. The second-order valence-corrected chi connectivity index (χ2v) is 4.91. The molecule has 1 amide bonds. The minimum absolute atomic E-state index is 0.0673. The molecule has 0 spiro atoms. The van der Waals surface area contributed by atoms with Crippen molar-refractivity contribution in [3.63, 3.8) is 0 Å². The summed E-state index contributed by atoms with van der Waals surface area (Å²) in [5.74, 6) is 0.945. The second-order valence-electron chi connectivity index (χ2n) is 4.91. The van der Waals surface area contributed by atoms with Gasteiger partial charge in [-0.1, -0.05) is 5.16 Å². The van der Waals surface area contributed by atoms with Crippen LogP contribution >= 0.6 is 0 Å². The first-order valence-corrected chi connectivity index (χ1v) is 6.56. The summed E-state index contributed by atoms with van der Waals surface area (Å²) in [6.45, 7) is 7.62. The molecule has 6 heteroatoms. The third kappa shape index (κ3) is 3.54. The van der Waals surface area contributed by atoms with E-state index < -0.39 is 0 Å². The molecule has 0 aromatic carbocycles. The second kappa shape index (κ2) is 6.16. The lowest BCUT2D eigenvalue weighted by Gasteiger charge is -2.35. The summed E-state index contributed by atoms with van der Waals surface area (Å²) in [4.78, 5) is 16.1. The van der Waals surface area contributed by atoms with Crippen LogP contribution in [0.2, 0.25) is 0 Å². The molecular formula is C13H21N3O3. The van der Waals surface area contributed by atoms with E-state index in [1.54, 1.807) is 14.0 Å². The van der Waals surface area contributed by atoms with Crippen LogP contribution in [0.15, 0.2) is 10.6 Å². The first-order valence-electron chi connectivity index (χ1n) is 6.56. The van der Waals surface area contributed by atoms with Gasteiger partial charge in [-0.2, -0.15) is 0 Å². The molecule has 2 heterocycles. The smallest absolute Gasteiger partial charge is 0.251 e. The van der Waals surface area contributed by atoms with Crippen molar-refractivity contribution in [2.45, 2.75) is 26.5 Å². The van der Waals surface area contributed by atoms with Crippen molar-refractivity contribution in [2.24, 2.45) is 0 Å². The van der Waals surface area contributed by atoms with E-state index >= 15 is 0 Å². The number of rotatable bonds is 4. The van der Waals surface area contributed by atoms with Crippen molar-refractivity contribution in [2.75, 3.05) is 33.3 Å². The Kier molecular flexibility index (Phi) is 4.55. The Hall–Kier alpha value is -1.40. The summed E-state index contributed by atoms with van der Waals surface area (Å²) in [5, 5.41) is 3.88. The molecule has 0 saturated carbocycles. The zero-order valence-electron chi connectivity index (χ0n) is 11.8. The predicted octanol–water partition coefficient (Wildman–Crippen LogP) is 0.662. The number of ether oxygens (including phenoxy) is 1. The molecule has 0 bridgehead atoms. The summed E-state index contributed by atoms with van der Waals surface area (Å²) in [5.41, 5.74) is 0.901. The lowest BCUT2D eigenvalue weighted by Crippen LogP contribution is -2.50. The van der Waals surface area contributed by atoms with Gasteiger partial charge >= 0.3 is 0 Å². The Balaban J connectivity index is 1.81. The molecule has 2 rings (SSSR count). The Morgan fingerprint density at radius 1 is 1.47 bits per heavy atom. The highest BCUT2D eigenvalue weighted by molar-refractivity contribution is 5.80. The zero-order chi connectivity index (χ0) is 13.8. The molecule has 1 fully saturated rings. The number of piperazine rings is 1. The van der Waals surface area contributed by atoms with Gasteiger partial charge < -0.3 is 14.2 Å². The zero-order valence-corrected chi connectivity index (χ0v) is 11.8. The predicted molar refractivity (Wildman–Crippen MR) is 69.6 cm³/mol. The van der Waals surface area contributed by atoms with Crippen LogP contribution in [0.1, 0.15) is 18.4 Å². The fraction of sp³-hybridized carbons (Fsp3) is 0.692. The Morgan fingerprint density at radius 3 is 2.68 bits per heavy atom. The number of hydrogen-bond acceptors (Lipinski definition) is 5.